The summed E-state index contributed by atoms with van der Waals surface area (Å²) in [6.07, 6.45) is 1.05. The first-order valence-corrected chi connectivity index (χ1v) is 6.92. The van der Waals surface area contributed by atoms with Gasteiger partial charge in [0.1, 0.15) is 0 Å². The molecule has 6 nitrogen and oxygen atoms in total. The summed E-state index contributed by atoms with van der Waals surface area (Å²) >= 11 is 0. The summed E-state index contributed by atoms with van der Waals surface area (Å²) in [5, 5.41) is 10.8. The highest BCUT2D eigenvalue weighted by Gasteiger charge is 2.16. The number of nitrogens with zero attached hydrogens (tertiary/aromatic N) is 1. The molecular formula is C15H20N2O4. The second kappa shape index (κ2) is 8.73. The van der Waals surface area contributed by atoms with Gasteiger partial charge in [-0.1, -0.05) is 18.2 Å². The van der Waals surface area contributed by atoms with E-state index in [1.54, 1.807) is 12.1 Å². The zero-order valence-electron chi connectivity index (χ0n) is 12.0. The molecule has 0 aromatic heterocycles. The predicted molar refractivity (Wildman–Crippen MR) is 79.1 cm³/mol. The summed E-state index contributed by atoms with van der Waals surface area (Å²) in [5.41, 5.74) is 0.719. The molecule has 0 saturated carbocycles. The van der Waals surface area contributed by atoms with Gasteiger partial charge in [0.15, 0.2) is 0 Å². The molecule has 0 unspecified atom stereocenters. The van der Waals surface area contributed by atoms with Crippen LogP contribution in [-0.4, -0.2) is 29.6 Å². The van der Waals surface area contributed by atoms with Crippen molar-refractivity contribution in [2.24, 2.45) is 0 Å². The third-order valence-electron chi connectivity index (χ3n) is 2.92. The third-order valence-corrected chi connectivity index (χ3v) is 2.92. The molecule has 0 fully saturated rings. The van der Waals surface area contributed by atoms with Crippen LogP contribution in [0.2, 0.25) is 0 Å². The number of urea groups is 1. The lowest BCUT2D eigenvalue weighted by molar-refractivity contribution is -0.137. The van der Waals surface area contributed by atoms with E-state index in [0.717, 1.165) is 5.69 Å². The molecule has 0 aliphatic rings. The molecule has 2 N–H and O–H groups in total. The van der Waals surface area contributed by atoms with Crippen LogP contribution in [0.25, 0.3) is 0 Å². The molecule has 3 amide bonds. The van der Waals surface area contributed by atoms with Crippen molar-refractivity contribution >= 4 is 23.6 Å². The molecule has 0 bridgehead atoms. The highest BCUT2D eigenvalue weighted by Crippen LogP contribution is 2.12. The van der Waals surface area contributed by atoms with Gasteiger partial charge in [0.05, 0.1) is 0 Å². The molecule has 0 radical (unpaired) electrons. The number of hydrogen-bond donors (Lipinski definition) is 2. The number of aliphatic carboxylic acids is 1. The fraction of sp³-hybridized carbons (Fsp3) is 0.400. The first kappa shape index (κ1) is 16.7. The molecule has 6 heteroatoms. The number of nitrogens with one attached hydrogen (secondary N) is 1. The van der Waals surface area contributed by atoms with Gasteiger partial charge in [-0.15, -0.1) is 0 Å². The molecular weight excluding hydrogens is 272 g/mol. The monoisotopic (exact) mass is 292 g/mol. The summed E-state index contributed by atoms with van der Waals surface area (Å²) in [7, 11) is 0. The minimum Gasteiger partial charge on any atom is -0.481 e. The molecule has 1 aromatic carbocycles. The summed E-state index contributed by atoms with van der Waals surface area (Å²) < 4.78 is 0. The average molecular weight is 292 g/mol. The Labute approximate surface area is 123 Å². The number of carboxylic acids is 1. The molecule has 1 rings (SSSR count). The highest BCUT2D eigenvalue weighted by molar-refractivity contribution is 6.02. The molecule has 114 valence electrons. The summed E-state index contributed by atoms with van der Waals surface area (Å²) in [4.78, 5) is 35.5. The van der Waals surface area contributed by atoms with Crippen molar-refractivity contribution in [3.05, 3.63) is 30.3 Å². The van der Waals surface area contributed by atoms with E-state index in [1.807, 2.05) is 25.1 Å². The summed E-state index contributed by atoms with van der Waals surface area (Å²) in [5.74, 6) is -1.27. The third kappa shape index (κ3) is 6.07. The maximum absolute atomic E-state index is 12.0. The first-order valence-electron chi connectivity index (χ1n) is 6.92. The van der Waals surface area contributed by atoms with Crippen LogP contribution in [0, 0.1) is 0 Å². The average Bonchev–Trinajstić information content (AvgIpc) is 2.45. The number of carbonyl (C=O) groups is 3. The number of amides is 3. The normalized spacial score (nSPS) is 9.95. The number of para-hydroxylation sites is 1. The Bertz CT molecular complexity index is 488. The van der Waals surface area contributed by atoms with Crippen LogP contribution in [0.1, 0.15) is 32.6 Å². The number of anilines is 1. The molecule has 1 aromatic rings. The standard InChI is InChI=1S/C15H20N2O4/c1-2-17(12-8-4-3-5-9-12)15(21)16-13(18)10-6-7-11-14(19)20/h3-5,8-9H,2,6-7,10-11H2,1H3,(H,19,20)(H,16,18,21). The van der Waals surface area contributed by atoms with E-state index < -0.39 is 12.0 Å². The minimum atomic E-state index is -0.882. The lowest BCUT2D eigenvalue weighted by atomic mass is 10.2. The Morgan fingerprint density at radius 2 is 1.71 bits per heavy atom. The number of carbonyl (C=O) groups excluding carboxylic acids is 2. The van der Waals surface area contributed by atoms with Crippen molar-refractivity contribution in [1.82, 2.24) is 5.32 Å². The fourth-order valence-corrected chi connectivity index (χ4v) is 1.86. The zero-order valence-corrected chi connectivity index (χ0v) is 12.0. The van der Waals surface area contributed by atoms with Crippen molar-refractivity contribution in [2.75, 3.05) is 11.4 Å². The SMILES string of the molecule is CCN(C(=O)NC(=O)CCCCC(=O)O)c1ccccc1. The van der Waals surface area contributed by atoms with E-state index in [1.165, 1.54) is 4.90 Å². The van der Waals surface area contributed by atoms with E-state index in [-0.39, 0.29) is 18.7 Å². The van der Waals surface area contributed by atoms with E-state index in [4.69, 9.17) is 5.11 Å². The van der Waals surface area contributed by atoms with Gasteiger partial charge in [0.25, 0.3) is 0 Å². The lowest BCUT2D eigenvalue weighted by Crippen LogP contribution is -2.42. The van der Waals surface area contributed by atoms with E-state index in [9.17, 15) is 14.4 Å². The maximum atomic E-state index is 12.0. The molecule has 0 atom stereocenters. The molecule has 0 aliphatic heterocycles. The van der Waals surface area contributed by atoms with Crippen LogP contribution in [-0.2, 0) is 9.59 Å². The van der Waals surface area contributed by atoms with Crippen LogP contribution in [0.4, 0.5) is 10.5 Å². The van der Waals surface area contributed by atoms with Gasteiger partial charge in [-0.3, -0.25) is 19.8 Å². The molecule has 0 saturated heterocycles. The van der Waals surface area contributed by atoms with Crippen molar-refractivity contribution < 1.29 is 19.5 Å². The number of rotatable bonds is 7. The van der Waals surface area contributed by atoms with Crippen LogP contribution in [0.15, 0.2) is 30.3 Å². The molecule has 0 spiro atoms. The van der Waals surface area contributed by atoms with Gasteiger partial charge in [-0.05, 0) is 31.9 Å². The summed E-state index contributed by atoms with van der Waals surface area (Å²) in [6.45, 7) is 2.27. The van der Waals surface area contributed by atoms with Gasteiger partial charge in [-0.2, -0.15) is 0 Å². The van der Waals surface area contributed by atoms with Crippen molar-refractivity contribution in [2.45, 2.75) is 32.6 Å². The van der Waals surface area contributed by atoms with Gasteiger partial charge in [0, 0.05) is 25.1 Å². The topological polar surface area (TPSA) is 86.7 Å². The van der Waals surface area contributed by atoms with Crippen LogP contribution in [0.3, 0.4) is 0 Å². The van der Waals surface area contributed by atoms with Gasteiger partial charge in [0.2, 0.25) is 5.91 Å². The number of benzene rings is 1. The van der Waals surface area contributed by atoms with Crippen LogP contribution < -0.4 is 10.2 Å². The van der Waals surface area contributed by atoms with E-state index >= 15 is 0 Å². The second-order valence-electron chi connectivity index (χ2n) is 4.53. The van der Waals surface area contributed by atoms with E-state index in [0.29, 0.717) is 19.4 Å². The largest absolute Gasteiger partial charge is 0.481 e. The smallest absolute Gasteiger partial charge is 0.328 e. The van der Waals surface area contributed by atoms with Gasteiger partial charge < -0.3 is 5.11 Å². The molecule has 0 heterocycles. The molecule has 21 heavy (non-hydrogen) atoms. The fourth-order valence-electron chi connectivity index (χ4n) is 1.86. The Morgan fingerprint density at radius 1 is 1.10 bits per heavy atom. The number of unbranched alkanes of at least 4 members (excludes halogenated alkanes) is 1. The Hall–Kier alpha value is -2.37. The first-order chi connectivity index (χ1) is 10.0. The van der Waals surface area contributed by atoms with Crippen LogP contribution >= 0.6 is 0 Å². The quantitative estimate of drug-likeness (QED) is 0.755. The Balaban J connectivity index is 2.44. The zero-order chi connectivity index (χ0) is 15.7. The minimum absolute atomic E-state index is 0.0341. The van der Waals surface area contributed by atoms with Crippen molar-refractivity contribution in [1.29, 1.82) is 0 Å². The maximum Gasteiger partial charge on any atom is 0.328 e. The van der Waals surface area contributed by atoms with Crippen molar-refractivity contribution in [3.63, 3.8) is 0 Å². The van der Waals surface area contributed by atoms with Gasteiger partial charge in [-0.25, -0.2) is 4.79 Å². The van der Waals surface area contributed by atoms with E-state index in [2.05, 4.69) is 5.32 Å². The molecule has 0 aliphatic carbocycles. The number of imide groups is 1. The predicted octanol–water partition coefficient (Wildman–Crippen LogP) is 2.39. The van der Waals surface area contributed by atoms with Gasteiger partial charge >= 0.3 is 12.0 Å². The summed E-state index contributed by atoms with van der Waals surface area (Å²) in [6, 6.07) is 8.61. The Kier molecular flexibility index (Phi) is 6.94. The Morgan fingerprint density at radius 3 is 2.29 bits per heavy atom. The van der Waals surface area contributed by atoms with Crippen LogP contribution in [0.5, 0.6) is 0 Å². The highest BCUT2D eigenvalue weighted by atomic mass is 16.4. The number of carboxylic acid groups (broad SMARTS) is 1. The number of hydrogen-bond acceptors (Lipinski definition) is 3. The van der Waals surface area contributed by atoms with Crippen molar-refractivity contribution in [3.8, 4) is 0 Å². The second-order valence-corrected chi connectivity index (χ2v) is 4.53. The lowest BCUT2D eigenvalue weighted by Gasteiger charge is -2.20.